The highest BCUT2D eigenvalue weighted by atomic mass is 35.5. The second-order valence-corrected chi connectivity index (χ2v) is 4.36. The first-order valence-corrected chi connectivity index (χ1v) is 5.07. The van der Waals surface area contributed by atoms with Gasteiger partial charge in [0.05, 0.1) is 0 Å². The SMILES string of the molecule is C[C@@H](N)[C@H]1C[C@@H]1c1cccc(Cl)c1. The highest BCUT2D eigenvalue weighted by molar-refractivity contribution is 6.30. The molecule has 1 aromatic rings. The molecule has 0 aliphatic heterocycles. The molecule has 1 fully saturated rings. The summed E-state index contributed by atoms with van der Waals surface area (Å²) in [6.07, 6.45) is 1.22. The number of hydrogen-bond donors (Lipinski definition) is 1. The van der Waals surface area contributed by atoms with Crippen LogP contribution in [0, 0.1) is 5.92 Å². The quantitative estimate of drug-likeness (QED) is 0.772. The molecular formula is C11H14ClN. The van der Waals surface area contributed by atoms with Crippen LogP contribution in [0.1, 0.15) is 24.8 Å². The molecule has 3 atom stereocenters. The fourth-order valence-corrected chi connectivity index (χ4v) is 2.11. The van der Waals surface area contributed by atoms with Crippen molar-refractivity contribution in [2.75, 3.05) is 0 Å². The Balaban J connectivity index is 2.12. The van der Waals surface area contributed by atoms with E-state index in [1.54, 1.807) is 0 Å². The van der Waals surface area contributed by atoms with E-state index >= 15 is 0 Å². The molecule has 0 amide bonds. The van der Waals surface area contributed by atoms with Crippen LogP contribution < -0.4 is 5.73 Å². The maximum atomic E-state index is 5.91. The van der Waals surface area contributed by atoms with Crippen molar-refractivity contribution < 1.29 is 0 Å². The Morgan fingerprint density at radius 3 is 2.85 bits per heavy atom. The summed E-state index contributed by atoms with van der Waals surface area (Å²) in [4.78, 5) is 0. The minimum Gasteiger partial charge on any atom is -0.328 e. The molecule has 0 heterocycles. The van der Waals surface area contributed by atoms with E-state index < -0.39 is 0 Å². The van der Waals surface area contributed by atoms with E-state index in [0.29, 0.717) is 17.9 Å². The monoisotopic (exact) mass is 195 g/mol. The zero-order chi connectivity index (χ0) is 9.42. The molecule has 2 rings (SSSR count). The van der Waals surface area contributed by atoms with E-state index in [4.69, 9.17) is 17.3 Å². The number of rotatable bonds is 2. The molecule has 13 heavy (non-hydrogen) atoms. The van der Waals surface area contributed by atoms with Crippen LogP contribution in [0.4, 0.5) is 0 Å². The van der Waals surface area contributed by atoms with Gasteiger partial charge in [0.2, 0.25) is 0 Å². The van der Waals surface area contributed by atoms with Gasteiger partial charge in [-0.15, -0.1) is 0 Å². The molecule has 2 heteroatoms. The van der Waals surface area contributed by atoms with Gasteiger partial charge in [0.25, 0.3) is 0 Å². The molecule has 2 N–H and O–H groups in total. The van der Waals surface area contributed by atoms with Crippen molar-refractivity contribution in [3.63, 3.8) is 0 Å². The summed E-state index contributed by atoms with van der Waals surface area (Å²) >= 11 is 5.91. The van der Waals surface area contributed by atoms with Crippen LogP contribution in [0.25, 0.3) is 0 Å². The van der Waals surface area contributed by atoms with Crippen molar-refractivity contribution in [2.24, 2.45) is 11.7 Å². The van der Waals surface area contributed by atoms with Gasteiger partial charge in [-0.05, 0) is 42.9 Å². The molecule has 1 aliphatic carbocycles. The van der Waals surface area contributed by atoms with Gasteiger partial charge in [0, 0.05) is 11.1 Å². The minimum absolute atomic E-state index is 0.309. The summed E-state index contributed by atoms with van der Waals surface area (Å²) in [6.45, 7) is 2.08. The van der Waals surface area contributed by atoms with Gasteiger partial charge in [-0.1, -0.05) is 23.7 Å². The molecule has 0 aromatic heterocycles. The summed E-state index contributed by atoms with van der Waals surface area (Å²) in [5.74, 6) is 1.32. The van der Waals surface area contributed by atoms with Crippen LogP contribution in [-0.4, -0.2) is 6.04 Å². The Morgan fingerprint density at radius 2 is 2.31 bits per heavy atom. The highest BCUT2D eigenvalue weighted by Crippen LogP contribution is 2.49. The fraction of sp³-hybridized carbons (Fsp3) is 0.455. The third-order valence-electron chi connectivity index (χ3n) is 2.79. The second kappa shape index (κ2) is 3.32. The lowest BCUT2D eigenvalue weighted by atomic mass is 10.1. The zero-order valence-electron chi connectivity index (χ0n) is 7.70. The first-order chi connectivity index (χ1) is 6.18. The minimum atomic E-state index is 0.309. The molecule has 0 bridgehead atoms. The standard InChI is InChI=1S/C11H14ClN/c1-7(13)10-6-11(10)8-3-2-4-9(12)5-8/h2-5,7,10-11H,6,13H2,1H3/t7-,10-,11-/m1/s1. The Bertz CT molecular complexity index is 309. The first kappa shape index (κ1) is 9.04. The largest absolute Gasteiger partial charge is 0.328 e. The average Bonchev–Trinajstić information content (AvgIpc) is 2.82. The molecule has 1 aromatic carbocycles. The number of halogens is 1. The molecule has 1 saturated carbocycles. The van der Waals surface area contributed by atoms with E-state index in [0.717, 1.165) is 5.02 Å². The van der Waals surface area contributed by atoms with Gasteiger partial charge in [-0.25, -0.2) is 0 Å². The van der Waals surface area contributed by atoms with Crippen molar-refractivity contribution in [1.82, 2.24) is 0 Å². The third kappa shape index (κ3) is 1.87. The van der Waals surface area contributed by atoms with Crippen molar-refractivity contribution in [3.05, 3.63) is 34.9 Å². The Morgan fingerprint density at radius 1 is 1.54 bits per heavy atom. The summed E-state index contributed by atoms with van der Waals surface area (Å²) < 4.78 is 0. The van der Waals surface area contributed by atoms with E-state index in [1.165, 1.54) is 12.0 Å². The highest BCUT2D eigenvalue weighted by Gasteiger charge is 2.40. The van der Waals surface area contributed by atoms with Gasteiger partial charge in [-0.3, -0.25) is 0 Å². The lowest BCUT2D eigenvalue weighted by Crippen LogP contribution is -2.17. The summed E-state index contributed by atoms with van der Waals surface area (Å²) in [5.41, 5.74) is 7.17. The predicted octanol–water partition coefficient (Wildman–Crippen LogP) is 2.79. The maximum absolute atomic E-state index is 5.91. The third-order valence-corrected chi connectivity index (χ3v) is 3.03. The summed E-state index contributed by atoms with van der Waals surface area (Å²) in [5, 5.41) is 0.827. The molecule has 0 spiro atoms. The second-order valence-electron chi connectivity index (χ2n) is 3.92. The van der Waals surface area contributed by atoms with E-state index in [1.807, 2.05) is 12.1 Å². The molecule has 70 valence electrons. The molecule has 1 nitrogen and oxygen atoms in total. The van der Waals surface area contributed by atoms with Gasteiger partial charge in [-0.2, -0.15) is 0 Å². The number of benzene rings is 1. The van der Waals surface area contributed by atoms with Gasteiger partial charge < -0.3 is 5.73 Å². The Kier molecular flexibility index (Phi) is 2.31. The first-order valence-electron chi connectivity index (χ1n) is 4.69. The van der Waals surface area contributed by atoms with Crippen LogP contribution in [0.15, 0.2) is 24.3 Å². The molecule has 0 radical (unpaired) electrons. The normalized spacial score (nSPS) is 28.5. The summed E-state index contributed by atoms with van der Waals surface area (Å²) in [6, 6.07) is 8.42. The Hall–Kier alpha value is -0.530. The van der Waals surface area contributed by atoms with Crippen LogP contribution in [0.5, 0.6) is 0 Å². The predicted molar refractivity (Wildman–Crippen MR) is 55.9 cm³/mol. The molecule has 0 unspecified atom stereocenters. The summed E-state index contributed by atoms with van der Waals surface area (Å²) in [7, 11) is 0. The van der Waals surface area contributed by atoms with E-state index in [2.05, 4.69) is 19.1 Å². The number of nitrogens with two attached hydrogens (primary N) is 1. The van der Waals surface area contributed by atoms with Crippen molar-refractivity contribution in [3.8, 4) is 0 Å². The molecule has 0 saturated heterocycles. The molecular weight excluding hydrogens is 182 g/mol. The maximum Gasteiger partial charge on any atom is 0.0408 e. The average molecular weight is 196 g/mol. The Labute approximate surface area is 83.9 Å². The number of hydrogen-bond acceptors (Lipinski definition) is 1. The van der Waals surface area contributed by atoms with Crippen LogP contribution in [0.2, 0.25) is 5.02 Å². The van der Waals surface area contributed by atoms with Crippen molar-refractivity contribution in [2.45, 2.75) is 25.3 Å². The van der Waals surface area contributed by atoms with E-state index in [-0.39, 0.29) is 0 Å². The van der Waals surface area contributed by atoms with Crippen LogP contribution in [-0.2, 0) is 0 Å². The lowest BCUT2D eigenvalue weighted by molar-refractivity contribution is 0.631. The lowest BCUT2D eigenvalue weighted by Gasteiger charge is -2.03. The molecule has 1 aliphatic rings. The van der Waals surface area contributed by atoms with Gasteiger partial charge in [0.15, 0.2) is 0 Å². The zero-order valence-corrected chi connectivity index (χ0v) is 8.46. The van der Waals surface area contributed by atoms with Crippen LogP contribution in [0.3, 0.4) is 0 Å². The van der Waals surface area contributed by atoms with Gasteiger partial charge >= 0.3 is 0 Å². The fourth-order valence-electron chi connectivity index (χ4n) is 1.92. The van der Waals surface area contributed by atoms with E-state index in [9.17, 15) is 0 Å². The van der Waals surface area contributed by atoms with Gasteiger partial charge in [0.1, 0.15) is 0 Å². The smallest absolute Gasteiger partial charge is 0.0408 e. The topological polar surface area (TPSA) is 26.0 Å². The van der Waals surface area contributed by atoms with Crippen molar-refractivity contribution >= 4 is 11.6 Å². The van der Waals surface area contributed by atoms with Crippen LogP contribution >= 0.6 is 11.6 Å². The van der Waals surface area contributed by atoms with Crippen molar-refractivity contribution in [1.29, 1.82) is 0 Å².